The van der Waals surface area contributed by atoms with E-state index in [0.29, 0.717) is 5.56 Å². The molecule has 0 spiro atoms. The van der Waals surface area contributed by atoms with Gasteiger partial charge in [0.25, 0.3) is 0 Å². The maximum absolute atomic E-state index is 14.1. The van der Waals surface area contributed by atoms with Gasteiger partial charge in [0, 0.05) is 12.1 Å². The maximum Gasteiger partial charge on any atom is 0.136 e. The molecule has 0 radical (unpaired) electrons. The Balaban J connectivity index is 2.79. The molecule has 0 N–H and O–H groups in total. The monoisotopic (exact) mass is 292 g/mol. The van der Waals surface area contributed by atoms with Crippen molar-refractivity contribution >= 4 is 0 Å². The van der Waals surface area contributed by atoms with Gasteiger partial charge in [-0.3, -0.25) is 0 Å². The minimum absolute atomic E-state index is 0.113. The fraction of sp³-hybridized carbons (Fsp3) is 0.333. The third-order valence-corrected chi connectivity index (χ3v) is 3.62. The van der Waals surface area contributed by atoms with Gasteiger partial charge in [0.1, 0.15) is 17.5 Å². The number of hydrogen-bond donors (Lipinski definition) is 0. The first-order valence-electron chi connectivity index (χ1n) is 7.10. The molecule has 0 nitrogen and oxygen atoms in total. The Labute approximate surface area is 123 Å². The molecule has 0 saturated heterocycles. The first-order valence-corrected chi connectivity index (χ1v) is 7.10. The number of halogens is 3. The van der Waals surface area contributed by atoms with E-state index in [9.17, 15) is 13.2 Å². The summed E-state index contributed by atoms with van der Waals surface area (Å²) < 4.78 is 41.3. The highest BCUT2D eigenvalue weighted by Gasteiger charge is 2.21. The molecule has 0 amide bonds. The molecular weight excluding hydrogens is 273 g/mol. The Bertz CT molecular complexity index is 635. The van der Waals surface area contributed by atoms with Gasteiger partial charge in [-0.15, -0.1) is 0 Å². The van der Waals surface area contributed by atoms with Crippen molar-refractivity contribution in [3.8, 4) is 11.1 Å². The summed E-state index contributed by atoms with van der Waals surface area (Å²) in [6, 6.07) is 6.91. The Morgan fingerprint density at radius 3 is 1.86 bits per heavy atom. The van der Waals surface area contributed by atoms with E-state index in [1.54, 1.807) is 12.1 Å². The highest BCUT2D eigenvalue weighted by Crippen LogP contribution is 2.37. The van der Waals surface area contributed by atoms with Crippen LogP contribution in [-0.4, -0.2) is 0 Å². The van der Waals surface area contributed by atoms with Gasteiger partial charge in [-0.25, -0.2) is 13.2 Å². The van der Waals surface area contributed by atoms with Crippen molar-refractivity contribution in [1.82, 2.24) is 0 Å². The average Bonchev–Trinajstić information content (AvgIpc) is 2.36. The topological polar surface area (TPSA) is 0 Å². The molecular formula is C18H19F3. The molecule has 0 aromatic heterocycles. The van der Waals surface area contributed by atoms with Gasteiger partial charge in [0.2, 0.25) is 0 Å². The maximum atomic E-state index is 14.1. The molecule has 2 rings (SSSR count). The molecule has 0 heterocycles. The fourth-order valence-electron chi connectivity index (χ4n) is 2.75. The van der Waals surface area contributed by atoms with Crippen LogP contribution in [0.3, 0.4) is 0 Å². The second-order valence-electron chi connectivity index (χ2n) is 5.86. The second kappa shape index (κ2) is 5.92. The van der Waals surface area contributed by atoms with Crippen LogP contribution < -0.4 is 0 Å². The van der Waals surface area contributed by atoms with Crippen LogP contribution in [0.25, 0.3) is 11.1 Å². The molecule has 0 atom stereocenters. The van der Waals surface area contributed by atoms with Gasteiger partial charge in [-0.05, 0) is 28.5 Å². The third kappa shape index (κ3) is 2.97. The molecule has 21 heavy (non-hydrogen) atoms. The Hall–Kier alpha value is -1.77. The molecule has 0 aliphatic heterocycles. The summed E-state index contributed by atoms with van der Waals surface area (Å²) in [6.45, 7) is 8.07. The van der Waals surface area contributed by atoms with Crippen LogP contribution in [0, 0.1) is 17.5 Å². The molecule has 0 bridgehead atoms. The molecule has 3 heteroatoms. The zero-order valence-electron chi connectivity index (χ0n) is 12.7. The highest BCUT2D eigenvalue weighted by molar-refractivity contribution is 5.71. The number of rotatable bonds is 3. The summed E-state index contributed by atoms with van der Waals surface area (Å²) in [5, 5.41) is 0. The Morgan fingerprint density at radius 1 is 0.810 bits per heavy atom. The van der Waals surface area contributed by atoms with E-state index < -0.39 is 17.5 Å². The van der Waals surface area contributed by atoms with Gasteiger partial charge in [-0.2, -0.15) is 0 Å². The summed E-state index contributed by atoms with van der Waals surface area (Å²) in [5.41, 5.74) is 2.33. The number of hydrogen-bond acceptors (Lipinski definition) is 0. The van der Waals surface area contributed by atoms with Gasteiger partial charge in [0.15, 0.2) is 0 Å². The van der Waals surface area contributed by atoms with Gasteiger partial charge in [0.05, 0.1) is 5.56 Å². The second-order valence-corrected chi connectivity index (χ2v) is 5.86. The van der Waals surface area contributed by atoms with Gasteiger partial charge < -0.3 is 0 Å². The van der Waals surface area contributed by atoms with E-state index in [-0.39, 0.29) is 17.4 Å². The molecule has 0 aliphatic carbocycles. The van der Waals surface area contributed by atoms with Crippen molar-refractivity contribution in [1.29, 1.82) is 0 Å². The highest BCUT2D eigenvalue weighted by atomic mass is 19.1. The first-order chi connectivity index (χ1) is 9.82. The van der Waals surface area contributed by atoms with Crippen LogP contribution in [0.4, 0.5) is 13.2 Å². The molecule has 0 aliphatic rings. The summed E-state index contributed by atoms with van der Waals surface area (Å²) in [5.74, 6) is -2.28. The van der Waals surface area contributed by atoms with Crippen molar-refractivity contribution in [2.24, 2.45) is 0 Å². The van der Waals surface area contributed by atoms with Crippen LogP contribution >= 0.6 is 0 Å². The predicted molar refractivity (Wildman–Crippen MR) is 79.9 cm³/mol. The quantitative estimate of drug-likeness (QED) is 0.649. The van der Waals surface area contributed by atoms with E-state index >= 15 is 0 Å². The van der Waals surface area contributed by atoms with E-state index in [1.165, 1.54) is 0 Å². The summed E-state index contributed by atoms with van der Waals surface area (Å²) in [7, 11) is 0. The smallest absolute Gasteiger partial charge is 0.136 e. The number of benzene rings is 2. The zero-order valence-corrected chi connectivity index (χ0v) is 12.7. The van der Waals surface area contributed by atoms with Crippen LogP contribution in [0.1, 0.15) is 50.7 Å². The van der Waals surface area contributed by atoms with Crippen molar-refractivity contribution < 1.29 is 13.2 Å². The normalized spacial score (nSPS) is 11.5. The van der Waals surface area contributed by atoms with Crippen molar-refractivity contribution in [3.05, 3.63) is 58.9 Å². The molecule has 0 unspecified atom stereocenters. The predicted octanol–water partition coefficient (Wildman–Crippen LogP) is 6.02. The molecule has 112 valence electrons. The average molecular weight is 292 g/mol. The van der Waals surface area contributed by atoms with Crippen LogP contribution in [-0.2, 0) is 0 Å². The lowest BCUT2D eigenvalue weighted by Crippen LogP contribution is -2.03. The summed E-state index contributed by atoms with van der Waals surface area (Å²) in [4.78, 5) is 0. The van der Waals surface area contributed by atoms with Crippen molar-refractivity contribution in [3.63, 3.8) is 0 Å². The lowest BCUT2D eigenvalue weighted by molar-refractivity contribution is 0.547. The van der Waals surface area contributed by atoms with E-state index in [2.05, 4.69) is 0 Å². The minimum Gasteiger partial charge on any atom is -0.207 e. The third-order valence-electron chi connectivity index (χ3n) is 3.62. The lowest BCUT2D eigenvalue weighted by Gasteiger charge is -2.21. The SMILES string of the molecule is CC(C)c1cccc(-c2c(F)cc(F)cc2F)c1C(C)C. The van der Waals surface area contributed by atoms with E-state index in [1.807, 2.05) is 33.8 Å². The summed E-state index contributed by atoms with van der Waals surface area (Å²) >= 11 is 0. The van der Waals surface area contributed by atoms with Crippen molar-refractivity contribution in [2.45, 2.75) is 39.5 Å². The first kappa shape index (κ1) is 15.6. The standard InChI is InChI=1S/C18H19F3/c1-10(2)13-6-5-7-14(17(13)11(3)4)18-15(20)8-12(19)9-16(18)21/h5-11H,1-4H3. The molecule has 0 saturated carbocycles. The fourth-order valence-corrected chi connectivity index (χ4v) is 2.75. The molecule has 0 fully saturated rings. The molecule has 2 aromatic carbocycles. The Kier molecular flexibility index (Phi) is 4.40. The largest absolute Gasteiger partial charge is 0.207 e. The van der Waals surface area contributed by atoms with Crippen molar-refractivity contribution in [2.75, 3.05) is 0 Å². The lowest BCUT2D eigenvalue weighted by atomic mass is 9.84. The van der Waals surface area contributed by atoms with Gasteiger partial charge in [-0.1, -0.05) is 45.9 Å². The minimum atomic E-state index is -0.903. The van der Waals surface area contributed by atoms with Crippen LogP contribution in [0.2, 0.25) is 0 Å². The van der Waals surface area contributed by atoms with E-state index in [4.69, 9.17) is 0 Å². The summed E-state index contributed by atoms with van der Waals surface area (Å²) in [6.07, 6.45) is 0. The van der Waals surface area contributed by atoms with Crippen LogP contribution in [0.5, 0.6) is 0 Å². The van der Waals surface area contributed by atoms with Crippen LogP contribution in [0.15, 0.2) is 30.3 Å². The zero-order chi connectivity index (χ0) is 15.7. The van der Waals surface area contributed by atoms with E-state index in [0.717, 1.165) is 23.3 Å². The van der Waals surface area contributed by atoms with Gasteiger partial charge >= 0.3 is 0 Å². The molecule has 2 aromatic rings. The Morgan fingerprint density at radius 2 is 1.38 bits per heavy atom.